The second-order valence-electron chi connectivity index (χ2n) is 6.22. The Kier molecular flexibility index (Phi) is 4.63. The fourth-order valence-corrected chi connectivity index (χ4v) is 3.32. The molecule has 1 fully saturated rings. The minimum absolute atomic E-state index is 0.0592. The molecular formula is C17H23N5S. The lowest BCUT2D eigenvalue weighted by atomic mass is 10.0. The van der Waals surface area contributed by atoms with E-state index in [1.165, 1.54) is 5.69 Å². The van der Waals surface area contributed by atoms with Gasteiger partial charge < -0.3 is 20.1 Å². The molecule has 0 spiro atoms. The van der Waals surface area contributed by atoms with Crippen molar-refractivity contribution in [2.24, 2.45) is 0 Å². The molecule has 0 aromatic carbocycles. The van der Waals surface area contributed by atoms with E-state index in [2.05, 4.69) is 64.3 Å². The molecule has 2 aromatic heterocycles. The van der Waals surface area contributed by atoms with Crippen LogP contribution in [0.3, 0.4) is 0 Å². The highest BCUT2D eigenvalue weighted by Crippen LogP contribution is 2.37. The van der Waals surface area contributed by atoms with Crippen molar-refractivity contribution in [1.82, 2.24) is 25.1 Å². The first-order valence-corrected chi connectivity index (χ1v) is 8.25. The molecule has 0 saturated carbocycles. The van der Waals surface area contributed by atoms with Crippen LogP contribution in [0.1, 0.15) is 29.2 Å². The first kappa shape index (κ1) is 16.0. The summed E-state index contributed by atoms with van der Waals surface area (Å²) in [5.74, 6) is 0. The Balaban J connectivity index is 1.94. The zero-order chi connectivity index (χ0) is 16.4. The van der Waals surface area contributed by atoms with Crippen LogP contribution in [0.25, 0.3) is 0 Å². The molecule has 0 bridgehead atoms. The van der Waals surface area contributed by atoms with E-state index >= 15 is 0 Å². The topological polar surface area (TPSA) is 47.2 Å². The smallest absolute Gasteiger partial charge is 0.170 e. The summed E-state index contributed by atoms with van der Waals surface area (Å²) in [5.41, 5.74) is 3.34. The normalized spacial score (nSPS) is 21.0. The number of nitrogens with one attached hydrogen (secondary N) is 2. The first-order chi connectivity index (χ1) is 11.1. The maximum absolute atomic E-state index is 5.61. The van der Waals surface area contributed by atoms with Crippen LogP contribution >= 0.6 is 12.2 Å². The average molecular weight is 329 g/mol. The highest BCUT2D eigenvalue weighted by molar-refractivity contribution is 7.80. The first-order valence-electron chi connectivity index (χ1n) is 7.84. The zero-order valence-corrected chi connectivity index (χ0v) is 14.6. The van der Waals surface area contributed by atoms with Crippen molar-refractivity contribution >= 4 is 17.3 Å². The Hall–Kier alpha value is -1.92. The monoisotopic (exact) mass is 329 g/mol. The fraction of sp³-hybridized carbons (Fsp3) is 0.412. The summed E-state index contributed by atoms with van der Waals surface area (Å²) in [6, 6.07) is 10.5. The van der Waals surface area contributed by atoms with Crippen molar-refractivity contribution in [3.63, 3.8) is 0 Å². The van der Waals surface area contributed by atoms with Gasteiger partial charge in [-0.05, 0) is 57.5 Å². The maximum Gasteiger partial charge on any atom is 0.170 e. The SMILES string of the molecule is Cc1ccc(C2C(c3ccccn3)NC(=S)N2CCN(C)C)[nH]1. The lowest BCUT2D eigenvalue weighted by Gasteiger charge is -2.28. The molecule has 1 aliphatic rings. The molecule has 0 aliphatic carbocycles. The molecule has 1 aliphatic heterocycles. The van der Waals surface area contributed by atoms with Gasteiger partial charge in [-0.15, -0.1) is 0 Å². The van der Waals surface area contributed by atoms with Gasteiger partial charge >= 0.3 is 0 Å². The Morgan fingerprint density at radius 2 is 2.09 bits per heavy atom. The second-order valence-corrected chi connectivity index (χ2v) is 6.61. The molecule has 2 aromatic rings. The lowest BCUT2D eigenvalue weighted by molar-refractivity contribution is 0.274. The van der Waals surface area contributed by atoms with E-state index in [-0.39, 0.29) is 12.1 Å². The average Bonchev–Trinajstić information content (AvgIpc) is 3.09. The molecule has 1 saturated heterocycles. The van der Waals surface area contributed by atoms with Gasteiger partial charge in [-0.1, -0.05) is 6.07 Å². The largest absolute Gasteiger partial charge is 0.361 e. The number of aromatic nitrogens is 2. The number of rotatable bonds is 5. The molecule has 2 atom stereocenters. The van der Waals surface area contributed by atoms with Crippen LogP contribution in [-0.2, 0) is 0 Å². The fourth-order valence-electron chi connectivity index (χ4n) is 2.99. The third-order valence-electron chi connectivity index (χ3n) is 4.16. The number of hydrogen-bond donors (Lipinski definition) is 2. The van der Waals surface area contributed by atoms with Gasteiger partial charge in [-0.2, -0.15) is 0 Å². The lowest BCUT2D eigenvalue weighted by Crippen LogP contribution is -2.35. The molecule has 3 rings (SSSR count). The van der Waals surface area contributed by atoms with Crippen molar-refractivity contribution in [2.45, 2.75) is 19.0 Å². The Labute approximate surface area is 142 Å². The molecule has 2 unspecified atom stereocenters. The van der Waals surface area contributed by atoms with E-state index in [1.54, 1.807) is 0 Å². The third-order valence-corrected chi connectivity index (χ3v) is 4.51. The Bertz CT molecular complexity index is 667. The summed E-state index contributed by atoms with van der Waals surface area (Å²) >= 11 is 5.61. The molecule has 5 nitrogen and oxygen atoms in total. The van der Waals surface area contributed by atoms with E-state index in [9.17, 15) is 0 Å². The van der Waals surface area contributed by atoms with E-state index in [1.807, 2.05) is 18.3 Å². The van der Waals surface area contributed by atoms with E-state index in [0.29, 0.717) is 0 Å². The summed E-state index contributed by atoms with van der Waals surface area (Å²) in [5, 5.41) is 4.25. The number of nitrogens with zero attached hydrogens (tertiary/aromatic N) is 3. The van der Waals surface area contributed by atoms with Gasteiger partial charge in [0.2, 0.25) is 0 Å². The van der Waals surface area contributed by atoms with Crippen molar-refractivity contribution in [1.29, 1.82) is 0 Å². The number of aryl methyl sites for hydroxylation is 1. The summed E-state index contributed by atoms with van der Waals surface area (Å²) in [6.07, 6.45) is 1.83. The van der Waals surface area contributed by atoms with Crippen LogP contribution < -0.4 is 5.32 Å². The maximum atomic E-state index is 5.61. The number of thiocarbonyl (C=S) groups is 1. The van der Waals surface area contributed by atoms with Crippen molar-refractivity contribution < 1.29 is 0 Å². The predicted molar refractivity (Wildman–Crippen MR) is 96.2 cm³/mol. The number of aromatic amines is 1. The van der Waals surface area contributed by atoms with Crippen molar-refractivity contribution in [3.05, 3.63) is 53.6 Å². The molecule has 0 radical (unpaired) electrons. The van der Waals surface area contributed by atoms with Crippen LogP contribution in [0.4, 0.5) is 0 Å². The molecule has 23 heavy (non-hydrogen) atoms. The predicted octanol–water partition coefficient (Wildman–Crippen LogP) is 2.25. The summed E-state index contributed by atoms with van der Waals surface area (Å²) in [4.78, 5) is 12.4. The highest BCUT2D eigenvalue weighted by Gasteiger charge is 2.40. The van der Waals surface area contributed by atoms with Gasteiger partial charge in [0.1, 0.15) is 0 Å². The third kappa shape index (κ3) is 3.38. The van der Waals surface area contributed by atoms with E-state index in [0.717, 1.165) is 29.6 Å². The molecule has 122 valence electrons. The molecular weight excluding hydrogens is 306 g/mol. The van der Waals surface area contributed by atoms with E-state index in [4.69, 9.17) is 12.2 Å². The summed E-state index contributed by atoms with van der Waals surface area (Å²) in [6.45, 7) is 3.90. The molecule has 0 amide bonds. The minimum Gasteiger partial charge on any atom is -0.361 e. The van der Waals surface area contributed by atoms with Crippen LogP contribution in [0.15, 0.2) is 36.5 Å². The number of H-pyrrole nitrogens is 1. The van der Waals surface area contributed by atoms with Crippen LogP contribution in [0.5, 0.6) is 0 Å². The van der Waals surface area contributed by atoms with Gasteiger partial charge in [0.15, 0.2) is 5.11 Å². The Morgan fingerprint density at radius 3 is 2.70 bits per heavy atom. The summed E-state index contributed by atoms with van der Waals surface area (Å²) in [7, 11) is 4.16. The van der Waals surface area contributed by atoms with Gasteiger partial charge in [-0.25, -0.2) is 0 Å². The Morgan fingerprint density at radius 1 is 1.26 bits per heavy atom. The van der Waals surface area contributed by atoms with Crippen LogP contribution in [0, 0.1) is 6.92 Å². The van der Waals surface area contributed by atoms with Gasteiger partial charge in [-0.3, -0.25) is 4.98 Å². The van der Waals surface area contributed by atoms with Crippen LogP contribution in [0.2, 0.25) is 0 Å². The second kappa shape index (κ2) is 6.68. The number of likely N-dealkylation sites (N-methyl/N-ethyl adjacent to an activating group) is 1. The van der Waals surface area contributed by atoms with Crippen LogP contribution in [-0.4, -0.2) is 52.1 Å². The van der Waals surface area contributed by atoms with Gasteiger partial charge in [0, 0.05) is 30.7 Å². The molecule has 3 heterocycles. The summed E-state index contributed by atoms with van der Waals surface area (Å²) < 4.78 is 0. The van der Waals surface area contributed by atoms with Crippen molar-refractivity contribution in [2.75, 3.05) is 27.2 Å². The van der Waals surface area contributed by atoms with Gasteiger partial charge in [0.05, 0.1) is 17.8 Å². The van der Waals surface area contributed by atoms with E-state index < -0.39 is 0 Å². The van der Waals surface area contributed by atoms with Gasteiger partial charge in [0.25, 0.3) is 0 Å². The minimum atomic E-state index is 0.0592. The number of pyridine rings is 1. The zero-order valence-electron chi connectivity index (χ0n) is 13.8. The number of hydrogen-bond acceptors (Lipinski definition) is 3. The standard InChI is InChI=1S/C17H23N5S/c1-12-7-8-14(19-12)16-15(13-6-4-5-9-18-13)20-17(23)22(16)11-10-21(2)3/h4-9,15-16,19H,10-11H2,1-3H3,(H,20,23). The molecule has 6 heteroatoms. The van der Waals surface area contributed by atoms with Crippen molar-refractivity contribution in [3.8, 4) is 0 Å². The molecule has 2 N–H and O–H groups in total. The quantitative estimate of drug-likeness (QED) is 0.824. The highest BCUT2D eigenvalue weighted by atomic mass is 32.1.